The first-order valence-electron chi connectivity index (χ1n) is 11.7. The Hall–Kier alpha value is -4.06. The number of allylic oxidation sites excluding steroid dienone is 3. The number of methoxy groups -OCH3 is 2. The number of rotatable bonds is 8. The number of benzene rings is 2. The molecule has 1 aliphatic rings. The van der Waals surface area contributed by atoms with Crippen molar-refractivity contribution >= 4 is 22.5 Å². The van der Waals surface area contributed by atoms with Crippen LogP contribution in [0.5, 0.6) is 11.5 Å². The number of pyridine rings is 1. The van der Waals surface area contributed by atoms with E-state index < -0.39 is 0 Å². The summed E-state index contributed by atoms with van der Waals surface area (Å²) in [4.78, 5) is 17.3. The van der Waals surface area contributed by atoms with E-state index in [9.17, 15) is 4.79 Å². The van der Waals surface area contributed by atoms with Crippen LogP contribution >= 0.6 is 0 Å². The second kappa shape index (κ2) is 10.9. The molecule has 35 heavy (non-hydrogen) atoms. The molecule has 0 aliphatic heterocycles. The maximum atomic E-state index is 12.8. The lowest BCUT2D eigenvalue weighted by Gasteiger charge is -2.26. The highest BCUT2D eigenvalue weighted by Crippen LogP contribution is 2.27. The molecule has 4 rings (SSSR count). The predicted molar refractivity (Wildman–Crippen MR) is 141 cm³/mol. The van der Waals surface area contributed by atoms with E-state index in [1.165, 1.54) is 11.1 Å². The molecule has 0 saturated heterocycles. The first kappa shape index (κ1) is 24.1. The maximum absolute atomic E-state index is 12.8. The van der Waals surface area contributed by atoms with E-state index in [1.54, 1.807) is 32.6 Å². The van der Waals surface area contributed by atoms with E-state index in [0.717, 1.165) is 47.2 Å². The van der Waals surface area contributed by atoms with E-state index >= 15 is 0 Å². The van der Waals surface area contributed by atoms with Crippen molar-refractivity contribution in [3.63, 3.8) is 0 Å². The van der Waals surface area contributed by atoms with Crippen molar-refractivity contribution in [1.29, 1.82) is 0 Å². The number of carbonyl (C=O) groups excluding carboxylic acids is 1. The summed E-state index contributed by atoms with van der Waals surface area (Å²) in [6.45, 7) is 5.71. The minimum absolute atomic E-state index is 0.0698. The van der Waals surface area contributed by atoms with Crippen LogP contribution in [0.15, 0.2) is 84.7 Å². The summed E-state index contributed by atoms with van der Waals surface area (Å²) in [7, 11) is 3.32. The smallest absolute Gasteiger partial charge is 0.247 e. The number of hydrogen-bond acceptors (Lipinski definition) is 5. The van der Waals surface area contributed by atoms with Gasteiger partial charge in [0.05, 0.1) is 14.2 Å². The van der Waals surface area contributed by atoms with Crippen LogP contribution in [-0.2, 0) is 17.6 Å². The normalized spacial score (nSPS) is 15.8. The molecule has 180 valence electrons. The fraction of sp³-hybridized carbons (Fsp3) is 0.241. The molecule has 1 heterocycles. The number of nitrogens with one attached hydrogen (secondary N) is 2. The molecule has 0 spiro atoms. The fourth-order valence-corrected chi connectivity index (χ4v) is 4.24. The average molecular weight is 470 g/mol. The van der Waals surface area contributed by atoms with Gasteiger partial charge in [-0.15, -0.1) is 0 Å². The molecule has 1 atom stereocenters. The largest absolute Gasteiger partial charge is 0.497 e. The van der Waals surface area contributed by atoms with E-state index in [-0.39, 0.29) is 11.9 Å². The van der Waals surface area contributed by atoms with Crippen molar-refractivity contribution in [3.05, 3.63) is 95.9 Å². The van der Waals surface area contributed by atoms with Crippen molar-refractivity contribution < 1.29 is 14.3 Å². The average Bonchev–Trinajstić information content (AvgIpc) is 2.90. The van der Waals surface area contributed by atoms with Gasteiger partial charge in [-0.1, -0.05) is 24.8 Å². The SMILES string of the molecule is C=C/C(=C\C=C(/C)C(=O)NC1CCc2cc(OC)ccc2C1)Nc1nccc2ccc(OC)cc12. The molecule has 1 aromatic heterocycles. The van der Waals surface area contributed by atoms with Gasteiger partial charge in [0.15, 0.2) is 0 Å². The van der Waals surface area contributed by atoms with Gasteiger partial charge in [0, 0.05) is 28.9 Å². The van der Waals surface area contributed by atoms with Gasteiger partial charge in [-0.25, -0.2) is 4.98 Å². The number of aromatic nitrogens is 1. The first-order valence-corrected chi connectivity index (χ1v) is 11.7. The topological polar surface area (TPSA) is 72.5 Å². The Bertz CT molecular complexity index is 1310. The quantitative estimate of drug-likeness (QED) is 0.344. The zero-order valence-corrected chi connectivity index (χ0v) is 20.4. The van der Waals surface area contributed by atoms with E-state index in [2.05, 4.69) is 34.3 Å². The zero-order chi connectivity index (χ0) is 24.8. The lowest BCUT2D eigenvalue weighted by atomic mass is 9.88. The fourth-order valence-electron chi connectivity index (χ4n) is 4.24. The second-order valence-electron chi connectivity index (χ2n) is 8.60. The van der Waals surface area contributed by atoms with Gasteiger partial charge < -0.3 is 20.1 Å². The molecular formula is C29H31N3O3. The minimum Gasteiger partial charge on any atom is -0.497 e. The molecule has 1 unspecified atom stereocenters. The zero-order valence-electron chi connectivity index (χ0n) is 20.4. The highest BCUT2D eigenvalue weighted by Gasteiger charge is 2.21. The van der Waals surface area contributed by atoms with Gasteiger partial charge in [-0.05, 0) is 85.2 Å². The van der Waals surface area contributed by atoms with Crippen molar-refractivity contribution in [2.45, 2.75) is 32.2 Å². The van der Waals surface area contributed by atoms with Crippen LogP contribution in [0.4, 0.5) is 5.82 Å². The number of nitrogens with zero attached hydrogens (tertiary/aromatic N) is 1. The molecule has 3 aromatic rings. The number of carbonyl (C=O) groups is 1. The Kier molecular flexibility index (Phi) is 7.51. The number of anilines is 1. The lowest BCUT2D eigenvalue weighted by molar-refractivity contribution is -0.118. The van der Waals surface area contributed by atoms with E-state index in [1.807, 2.05) is 43.3 Å². The van der Waals surface area contributed by atoms with Crippen LogP contribution in [0.25, 0.3) is 10.8 Å². The van der Waals surface area contributed by atoms with Crippen LogP contribution in [0.1, 0.15) is 24.5 Å². The second-order valence-corrected chi connectivity index (χ2v) is 8.60. The Labute approximate surface area is 206 Å². The predicted octanol–water partition coefficient (Wildman–Crippen LogP) is 5.35. The van der Waals surface area contributed by atoms with Crippen molar-refractivity contribution in [3.8, 4) is 11.5 Å². The standard InChI is InChI=1S/C29H31N3O3/c1-5-23(31-28-27-18-26(35-4)12-8-20(27)14-15-30-28)10-6-19(2)29(33)32-24-11-7-22-17-25(34-3)13-9-21(22)16-24/h5-6,8-10,12-15,17-18,24H,1,7,11,16H2,2-4H3,(H,30,31)(H,32,33)/b19-6+,23-10+. The van der Waals surface area contributed by atoms with Gasteiger partial charge in [-0.3, -0.25) is 4.79 Å². The number of hydrogen-bond donors (Lipinski definition) is 2. The molecule has 1 amide bonds. The number of ether oxygens (including phenoxy) is 2. The van der Waals surface area contributed by atoms with Gasteiger partial charge >= 0.3 is 0 Å². The lowest BCUT2D eigenvalue weighted by Crippen LogP contribution is -2.39. The van der Waals surface area contributed by atoms with Gasteiger partial charge in [0.1, 0.15) is 17.3 Å². The Morgan fingerprint density at radius 3 is 2.60 bits per heavy atom. The highest BCUT2D eigenvalue weighted by atomic mass is 16.5. The van der Waals surface area contributed by atoms with Crippen molar-refractivity contribution in [2.24, 2.45) is 0 Å². The van der Waals surface area contributed by atoms with E-state index in [4.69, 9.17) is 9.47 Å². The van der Waals surface area contributed by atoms with Gasteiger partial charge in [-0.2, -0.15) is 0 Å². The van der Waals surface area contributed by atoms with Crippen molar-refractivity contribution in [1.82, 2.24) is 10.3 Å². The molecule has 2 N–H and O–H groups in total. The van der Waals surface area contributed by atoms with Crippen LogP contribution in [0.2, 0.25) is 0 Å². The van der Waals surface area contributed by atoms with E-state index in [0.29, 0.717) is 11.4 Å². The summed E-state index contributed by atoms with van der Waals surface area (Å²) in [6, 6.07) is 14.1. The molecule has 1 aliphatic carbocycles. The van der Waals surface area contributed by atoms with Crippen LogP contribution < -0.4 is 20.1 Å². The summed E-state index contributed by atoms with van der Waals surface area (Å²) in [5, 5.41) is 8.47. The number of amides is 1. The van der Waals surface area contributed by atoms with Gasteiger partial charge in [0.25, 0.3) is 0 Å². The third kappa shape index (κ3) is 5.72. The summed E-state index contributed by atoms with van der Waals surface area (Å²) < 4.78 is 10.7. The van der Waals surface area contributed by atoms with Crippen LogP contribution in [-0.4, -0.2) is 31.2 Å². The molecule has 6 nitrogen and oxygen atoms in total. The summed E-state index contributed by atoms with van der Waals surface area (Å²) >= 11 is 0. The van der Waals surface area contributed by atoms with Crippen LogP contribution in [0, 0.1) is 0 Å². The molecule has 6 heteroatoms. The minimum atomic E-state index is -0.0698. The summed E-state index contributed by atoms with van der Waals surface area (Å²) in [6.07, 6.45) is 9.75. The molecular weight excluding hydrogens is 438 g/mol. The Balaban J connectivity index is 1.43. The molecule has 0 radical (unpaired) electrons. The number of aryl methyl sites for hydroxylation is 1. The third-order valence-corrected chi connectivity index (χ3v) is 6.30. The molecule has 0 bridgehead atoms. The Morgan fingerprint density at radius 1 is 1.06 bits per heavy atom. The monoisotopic (exact) mass is 469 g/mol. The molecule has 2 aromatic carbocycles. The maximum Gasteiger partial charge on any atom is 0.247 e. The third-order valence-electron chi connectivity index (χ3n) is 6.30. The molecule has 0 saturated carbocycles. The van der Waals surface area contributed by atoms with Gasteiger partial charge in [0.2, 0.25) is 5.91 Å². The summed E-state index contributed by atoms with van der Waals surface area (Å²) in [5.74, 6) is 2.26. The Morgan fingerprint density at radius 2 is 1.83 bits per heavy atom. The van der Waals surface area contributed by atoms with Crippen molar-refractivity contribution in [2.75, 3.05) is 19.5 Å². The highest BCUT2D eigenvalue weighted by molar-refractivity contribution is 5.94. The summed E-state index contributed by atoms with van der Waals surface area (Å²) in [5.41, 5.74) is 3.92. The first-order chi connectivity index (χ1) is 17.0. The number of fused-ring (bicyclic) bond motifs is 2. The van der Waals surface area contributed by atoms with Crippen LogP contribution in [0.3, 0.4) is 0 Å². The molecule has 0 fully saturated rings.